The molecule has 0 saturated heterocycles. The molecule has 0 saturated carbocycles. The molecule has 10 heteroatoms. The van der Waals surface area contributed by atoms with Gasteiger partial charge in [-0.25, -0.2) is 4.68 Å². The normalized spacial score (nSPS) is 14.2. The third-order valence-corrected chi connectivity index (χ3v) is 5.38. The van der Waals surface area contributed by atoms with E-state index < -0.39 is 17.8 Å². The van der Waals surface area contributed by atoms with E-state index >= 15 is 0 Å². The van der Waals surface area contributed by atoms with E-state index in [1.165, 1.54) is 6.07 Å². The van der Waals surface area contributed by atoms with E-state index in [1.54, 1.807) is 37.3 Å². The Bertz CT molecular complexity index is 1150. The number of rotatable bonds is 5. The summed E-state index contributed by atoms with van der Waals surface area (Å²) in [5.41, 5.74) is 1.07. The molecule has 2 aromatic carbocycles. The maximum atomic E-state index is 13.3. The van der Waals surface area contributed by atoms with Crippen LogP contribution in [0.3, 0.4) is 0 Å². The molecule has 1 aliphatic rings. The summed E-state index contributed by atoms with van der Waals surface area (Å²) in [5, 5.41) is 9.97. The van der Waals surface area contributed by atoms with Crippen LogP contribution in [-0.2, 0) is 17.5 Å². The second-order valence-corrected chi connectivity index (χ2v) is 7.82. The summed E-state index contributed by atoms with van der Waals surface area (Å²) in [4.78, 5) is 12.8. The average molecular weight is 465 g/mol. The number of amides is 1. The Labute approximate surface area is 187 Å². The molecule has 2 N–H and O–H groups in total. The minimum absolute atomic E-state index is 0.134. The zero-order valence-corrected chi connectivity index (χ0v) is 17.8. The average Bonchev–Trinajstić information content (AvgIpc) is 3.21. The van der Waals surface area contributed by atoms with E-state index in [9.17, 15) is 18.0 Å². The van der Waals surface area contributed by atoms with Crippen molar-refractivity contribution in [3.8, 4) is 11.4 Å². The van der Waals surface area contributed by atoms with Gasteiger partial charge in [-0.15, -0.1) is 0 Å². The van der Waals surface area contributed by atoms with E-state index in [2.05, 4.69) is 15.7 Å². The number of ether oxygens (including phenoxy) is 1. The molecule has 1 atom stereocenters. The van der Waals surface area contributed by atoms with Crippen molar-refractivity contribution >= 4 is 23.2 Å². The number of carbonyl (C=O) groups is 1. The molecule has 0 aliphatic carbocycles. The first kappa shape index (κ1) is 22.0. The highest BCUT2D eigenvalue weighted by atomic mass is 35.5. The lowest BCUT2D eigenvalue weighted by Gasteiger charge is -2.21. The minimum Gasteiger partial charge on any atom is -0.490 e. The van der Waals surface area contributed by atoms with Crippen molar-refractivity contribution < 1.29 is 22.7 Å². The first-order chi connectivity index (χ1) is 15.2. The van der Waals surface area contributed by atoms with Crippen molar-refractivity contribution in [1.82, 2.24) is 15.1 Å². The lowest BCUT2D eigenvalue weighted by Crippen LogP contribution is -2.28. The van der Waals surface area contributed by atoms with Gasteiger partial charge >= 0.3 is 6.18 Å². The summed E-state index contributed by atoms with van der Waals surface area (Å²) in [6.45, 7) is 2.84. The zero-order chi connectivity index (χ0) is 22.9. The lowest BCUT2D eigenvalue weighted by atomic mass is 9.99. The van der Waals surface area contributed by atoms with Gasteiger partial charge in [0.05, 0.1) is 29.5 Å². The molecule has 168 valence electrons. The Hall–Kier alpha value is -3.20. The number of benzene rings is 2. The largest absolute Gasteiger partial charge is 0.490 e. The smallest absolute Gasteiger partial charge is 0.435 e. The third kappa shape index (κ3) is 4.67. The molecule has 0 bridgehead atoms. The Morgan fingerprint density at radius 3 is 2.84 bits per heavy atom. The van der Waals surface area contributed by atoms with Crippen molar-refractivity contribution in [1.29, 1.82) is 0 Å². The number of hydrogen-bond donors (Lipinski definition) is 2. The molecule has 0 radical (unpaired) electrons. The van der Waals surface area contributed by atoms with Gasteiger partial charge < -0.3 is 15.4 Å². The van der Waals surface area contributed by atoms with Gasteiger partial charge in [-0.1, -0.05) is 23.7 Å². The van der Waals surface area contributed by atoms with Crippen LogP contribution in [0.15, 0.2) is 48.5 Å². The number of aromatic nitrogens is 2. The first-order valence-corrected chi connectivity index (χ1v) is 10.3. The maximum absolute atomic E-state index is 13.3. The van der Waals surface area contributed by atoms with Crippen LogP contribution < -0.4 is 15.4 Å². The Morgan fingerprint density at radius 1 is 1.28 bits per heavy atom. The summed E-state index contributed by atoms with van der Waals surface area (Å²) >= 11 is 5.98. The second-order valence-electron chi connectivity index (χ2n) is 7.38. The van der Waals surface area contributed by atoms with E-state index in [0.717, 1.165) is 27.7 Å². The highest BCUT2D eigenvalue weighted by molar-refractivity contribution is 6.30. The van der Waals surface area contributed by atoms with Crippen LogP contribution in [0.4, 0.5) is 18.9 Å². The van der Waals surface area contributed by atoms with Crippen LogP contribution in [0.25, 0.3) is 5.69 Å². The Balaban J connectivity index is 1.53. The van der Waals surface area contributed by atoms with E-state index in [-0.39, 0.29) is 18.1 Å². The number of hydrogen-bond acceptors (Lipinski definition) is 4. The summed E-state index contributed by atoms with van der Waals surface area (Å²) in [6, 6.07) is 12.7. The van der Waals surface area contributed by atoms with Gasteiger partial charge in [0.1, 0.15) is 12.4 Å². The van der Waals surface area contributed by atoms with E-state index in [0.29, 0.717) is 23.9 Å². The second kappa shape index (κ2) is 8.74. The number of anilines is 1. The first-order valence-electron chi connectivity index (χ1n) is 9.93. The molecule has 3 aromatic rings. The van der Waals surface area contributed by atoms with Crippen molar-refractivity contribution in [2.45, 2.75) is 25.6 Å². The molecule has 32 heavy (non-hydrogen) atoms. The molecular formula is C22H20ClF3N4O2. The van der Waals surface area contributed by atoms with Crippen LogP contribution in [-0.4, -0.2) is 28.8 Å². The van der Waals surface area contributed by atoms with Crippen LogP contribution >= 0.6 is 11.6 Å². The van der Waals surface area contributed by atoms with Gasteiger partial charge in [0, 0.05) is 11.6 Å². The van der Waals surface area contributed by atoms with Crippen molar-refractivity contribution in [3.05, 3.63) is 70.5 Å². The van der Waals surface area contributed by atoms with Crippen LogP contribution in [0.1, 0.15) is 29.8 Å². The van der Waals surface area contributed by atoms with E-state index in [1.807, 2.05) is 6.07 Å². The van der Waals surface area contributed by atoms with Gasteiger partial charge in [-0.2, -0.15) is 18.3 Å². The standard InChI is InChI=1S/C22H20ClF3N4O2/c1-13(14-5-6-19-18(9-14)27-7-8-32-19)21(31)28-12-17-11-20(22(24,25)26)29-30(17)16-4-2-3-15(23)10-16/h2-6,9-11,13,27H,7-8,12H2,1H3,(H,28,31). The predicted octanol–water partition coefficient (Wildman–Crippen LogP) is 4.77. The number of alkyl halides is 3. The molecule has 0 fully saturated rings. The molecule has 4 rings (SSSR count). The Kier molecular flexibility index (Phi) is 6.01. The van der Waals surface area contributed by atoms with Gasteiger partial charge in [-0.05, 0) is 48.9 Å². The van der Waals surface area contributed by atoms with Crippen molar-refractivity contribution in [2.24, 2.45) is 0 Å². The lowest BCUT2D eigenvalue weighted by molar-refractivity contribution is -0.141. The van der Waals surface area contributed by atoms with Crippen LogP contribution in [0.5, 0.6) is 5.75 Å². The summed E-state index contributed by atoms with van der Waals surface area (Å²) < 4.78 is 46.5. The van der Waals surface area contributed by atoms with Gasteiger partial charge in [0.25, 0.3) is 0 Å². The fourth-order valence-electron chi connectivity index (χ4n) is 3.43. The maximum Gasteiger partial charge on any atom is 0.435 e. The fourth-order valence-corrected chi connectivity index (χ4v) is 3.61. The molecule has 6 nitrogen and oxygen atoms in total. The summed E-state index contributed by atoms with van der Waals surface area (Å²) in [5.74, 6) is -0.125. The predicted molar refractivity (Wildman–Crippen MR) is 114 cm³/mol. The van der Waals surface area contributed by atoms with Crippen LogP contribution in [0, 0.1) is 0 Å². The molecule has 0 spiro atoms. The van der Waals surface area contributed by atoms with Crippen molar-refractivity contribution in [3.63, 3.8) is 0 Å². The van der Waals surface area contributed by atoms with Crippen LogP contribution in [0.2, 0.25) is 5.02 Å². The molecule has 1 unspecified atom stereocenters. The van der Waals surface area contributed by atoms with Crippen molar-refractivity contribution in [2.75, 3.05) is 18.5 Å². The highest BCUT2D eigenvalue weighted by Gasteiger charge is 2.35. The number of carbonyl (C=O) groups excluding carboxylic acids is 1. The number of halogens is 4. The third-order valence-electron chi connectivity index (χ3n) is 5.14. The van der Waals surface area contributed by atoms with E-state index in [4.69, 9.17) is 16.3 Å². The Morgan fingerprint density at radius 2 is 2.09 bits per heavy atom. The topological polar surface area (TPSA) is 68.2 Å². The van der Waals surface area contributed by atoms with Gasteiger partial charge in [0.2, 0.25) is 5.91 Å². The monoisotopic (exact) mass is 464 g/mol. The molecule has 2 heterocycles. The molecule has 1 aromatic heterocycles. The highest BCUT2D eigenvalue weighted by Crippen LogP contribution is 2.32. The van der Waals surface area contributed by atoms with Gasteiger partial charge in [-0.3, -0.25) is 4.79 Å². The summed E-state index contributed by atoms with van der Waals surface area (Å²) in [6.07, 6.45) is -4.62. The van der Waals surface area contributed by atoms with Gasteiger partial charge in [0.15, 0.2) is 5.69 Å². The number of nitrogens with zero attached hydrogens (tertiary/aromatic N) is 2. The zero-order valence-electron chi connectivity index (χ0n) is 17.0. The fraction of sp³-hybridized carbons (Fsp3) is 0.273. The molecule has 1 aliphatic heterocycles. The molecular weight excluding hydrogens is 445 g/mol. The SMILES string of the molecule is CC(C(=O)NCc1cc(C(F)(F)F)nn1-c1cccc(Cl)c1)c1ccc2c(c1)NCCO2. The molecule has 1 amide bonds. The number of nitrogens with one attached hydrogen (secondary N) is 2. The summed E-state index contributed by atoms with van der Waals surface area (Å²) in [7, 11) is 0. The quantitative estimate of drug-likeness (QED) is 0.571. The minimum atomic E-state index is -4.62. The number of fused-ring (bicyclic) bond motifs is 1.